The molecular weight excluding hydrogens is 146 g/mol. The van der Waals surface area contributed by atoms with Crippen LogP contribution >= 0.6 is 11.3 Å². The molecule has 1 aromatic rings. The third kappa shape index (κ3) is 1.53. The number of aliphatic imine (C=N–C) groups is 1. The molecule has 3 heteroatoms. The minimum Gasteiger partial charge on any atom is -0.211 e. The fourth-order valence-electron chi connectivity index (χ4n) is 0.662. The average molecular weight is 153 g/mol. The van der Waals surface area contributed by atoms with E-state index >= 15 is 0 Å². The second kappa shape index (κ2) is 3.30. The molecule has 0 radical (unpaired) electrons. The molecule has 0 spiro atoms. The first-order chi connectivity index (χ1) is 4.86. The van der Waals surface area contributed by atoms with E-state index in [9.17, 15) is 4.79 Å². The van der Waals surface area contributed by atoms with Crippen LogP contribution in [0.3, 0.4) is 0 Å². The van der Waals surface area contributed by atoms with Crippen molar-refractivity contribution in [2.45, 2.75) is 13.3 Å². The van der Waals surface area contributed by atoms with E-state index in [1.54, 1.807) is 0 Å². The molecule has 2 nitrogen and oxygen atoms in total. The minimum absolute atomic E-state index is 0.742. The Morgan fingerprint density at radius 3 is 3.00 bits per heavy atom. The summed E-state index contributed by atoms with van der Waals surface area (Å²) in [6, 6.07) is 3.80. The number of hydrogen-bond donors (Lipinski definition) is 0. The van der Waals surface area contributed by atoms with Crippen molar-refractivity contribution in [3.8, 4) is 0 Å². The molecule has 0 aliphatic rings. The molecule has 0 atom stereocenters. The summed E-state index contributed by atoms with van der Waals surface area (Å²) < 4.78 is 0. The standard InChI is InChI=1S/C7H7NOS/c1-2-6-3-4-7(10-6)8-5-9/h3-4H,2H2,1H3. The first-order valence-corrected chi connectivity index (χ1v) is 3.85. The number of aryl methyl sites for hydroxylation is 1. The third-order valence-corrected chi connectivity index (χ3v) is 2.28. The lowest BCUT2D eigenvalue weighted by molar-refractivity contribution is 0.565. The molecule has 0 saturated heterocycles. The number of isocyanates is 1. The number of nitrogens with zero attached hydrogens (tertiary/aromatic N) is 1. The van der Waals surface area contributed by atoms with Crippen LogP contribution in [0.25, 0.3) is 0 Å². The lowest BCUT2D eigenvalue weighted by Crippen LogP contribution is -1.63. The van der Waals surface area contributed by atoms with Gasteiger partial charge in [-0.25, -0.2) is 4.79 Å². The summed E-state index contributed by atoms with van der Waals surface area (Å²) >= 11 is 1.53. The van der Waals surface area contributed by atoms with Crippen molar-refractivity contribution < 1.29 is 4.79 Å². The van der Waals surface area contributed by atoms with Gasteiger partial charge in [0.25, 0.3) is 0 Å². The van der Waals surface area contributed by atoms with Crippen molar-refractivity contribution in [1.82, 2.24) is 0 Å². The van der Waals surface area contributed by atoms with E-state index in [2.05, 4.69) is 11.9 Å². The van der Waals surface area contributed by atoms with Gasteiger partial charge in [0.2, 0.25) is 6.08 Å². The van der Waals surface area contributed by atoms with Gasteiger partial charge >= 0.3 is 0 Å². The highest BCUT2D eigenvalue weighted by molar-refractivity contribution is 7.15. The van der Waals surface area contributed by atoms with E-state index in [-0.39, 0.29) is 0 Å². The molecule has 1 aromatic heterocycles. The molecule has 0 fully saturated rings. The van der Waals surface area contributed by atoms with E-state index in [4.69, 9.17) is 0 Å². The Morgan fingerprint density at radius 2 is 2.50 bits per heavy atom. The van der Waals surface area contributed by atoms with Crippen molar-refractivity contribution in [2.75, 3.05) is 0 Å². The average Bonchev–Trinajstić information content (AvgIpc) is 2.37. The molecule has 1 heterocycles. The van der Waals surface area contributed by atoms with Crippen molar-refractivity contribution in [3.05, 3.63) is 17.0 Å². The molecule has 0 aliphatic heterocycles. The summed E-state index contributed by atoms with van der Waals surface area (Å²) in [5.74, 6) is 0. The highest BCUT2D eigenvalue weighted by Crippen LogP contribution is 2.24. The van der Waals surface area contributed by atoms with Crippen LogP contribution in [0.5, 0.6) is 0 Å². The Hall–Kier alpha value is -0.920. The smallest absolute Gasteiger partial charge is 0.211 e. The number of carbonyl (C=O) groups excluding carboxylic acids is 1. The van der Waals surface area contributed by atoms with Crippen LogP contribution in [0.15, 0.2) is 17.1 Å². The summed E-state index contributed by atoms with van der Waals surface area (Å²) in [5.41, 5.74) is 0. The summed E-state index contributed by atoms with van der Waals surface area (Å²) in [6.07, 6.45) is 2.51. The Balaban J connectivity index is 2.87. The minimum atomic E-state index is 0.742. The SMILES string of the molecule is CCc1ccc(N=C=O)s1. The highest BCUT2D eigenvalue weighted by atomic mass is 32.1. The Labute approximate surface area is 63.2 Å². The summed E-state index contributed by atoms with van der Waals surface area (Å²) in [5, 5.41) is 0.742. The predicted molar refractivity (Wildman–Crippen MR) is 41.5 cm³/mol. The fraction of sp³-hybridized carbons (Fsp3) is 0.286. The zero-order chi connectivity index (χ0) is 7.40. The zero-order valence-electron chi connectivity index (χ0n) is 5.63. The van der Waals surface area contributed by atoms with Gasteiger partial charge in [0.05, 0.1) is 0 Å². The van der Waals surface area contributed by atoms with Crippen LogP contribution in [-0.4, -0.2) is 6.08 Å². The van der Waals surface area contributed by atoms with Gasteiger partial charge in [0.1, 0.15) is 5.00 Å². The lowest BCUT2D eigenvalue weighted by atomic mass is 10.4. The highest BCUT2D eigenvalue weighted by Gasteiger charge is 1.94. The van der Waals surface area contributed by atoms with E-state index in [1.165, 1.54) is 22.3 Å². The largest absolute Gasteiger partial charge is 0.241 e. The van der Waals surface area contributed by atoms with Crippen LogP contribution < -0.4 is 0 Å². The number of thiophene rings is 1. The van der Waals surface area contributed by atoms with Crippen molar-refractivity contribution in [3.63, 3.8) is 0 Å². The van der Waals surface area contributed by atoms with Gasteiger partial charge in [-0.2, -0.15) is 4.99 Å². The quantitative estimate of drug-likeness (QED) is 0.473. The van der Waals surface area contributed by atoms with Crippen molar-refractivity contribution in [2.24, 2.45) is 4.99 Å². The van der Waals surface area contributed by atoms with Gasteiger partial charge in [-0.1, -0.05) is 6.92 Å². The molecule has 0 amide bonds. The van der Waals surface area contributed by atoms with E-state index < -0.39 is 0 Å². The monoisotopic (exact) mass is 153 g/mol. The topological polar surface area (TPSA) is 29.4 Å². The van der Waals surface area contributed by atoms with Crippen LogP contribution in [0.4, 0.5) is 5.00 Å². The van der Waals surface area contributed by atoms with Crippen LogP contribution in [0.1, 0.15) is 11.8 Å². The molecule has 0 aromatic carbocycles. The molecular formula is C7H7NOS. The third-order valence-electron chi connectivity index (χ3n) is 1.15. The Morgan fingerprint density at radius 1 is 1.70 bits per heavy atom. The van der Waals surface area contributed by atoms with Gasteiger partial charge in [-0.15, -0.1) is 11.3 Å². The molecule has 1 rings (SSSR count). The molecule has 0 aliphatic carbocycles. The molecule has 0 unspecified atom stereocenters. The molecule has 0 N–H and O–H groups in total. The van der Waals surface area contributed by atoms with Crippen LogP contribution in [-0.2, 0) is 11.2 Å². The van der Waals surface area contributed by atoms with Gasteiger partial charge < -0.3 is 0 Å². The van der Waals surface area contributed by atoms with Crippen LogP contribution in [0.2, 0.25) is 0 Å². The number of hydrogen-bond acceptors (Lipinski definition) is 3. The molecule has 10 heavy (non-hydrogen) atoms. The summed E-state index contributed by atoms with van der Waals surface area (Å²) in [7, 11) is 0. The maximum atomic E-state index is 9.79. The van der Waals surface area contributed by atoms with Crippen molar-refractivity contribution >= 4 is 22.4 Å². The number of rotatable bonds is 2. The predicted octanol–water partition coefficient (Wildman–Crippen LogP) is 2.28. The Bertz CT molecular complexity index is 260. The second-order valence-electron chi connectivity index (χ2n) is 1.80. The zero-order valence-corrected chi connectivity index (χ0v) is 6.44. The molecule has 0 saturated carbocycles. The van der Waals surface area contributed by atoms with Crippen molar-refractivity contribution in [1.29, 1.82) is 0 Å². The summed E-state index contributed by atoms with van der Waals surface area (Å²) in [4.78, 5) is 14.5. The van der Waals surface area contributed by atoms with Gasteiger partial charge in [-0.3, -0.25) is 0 Å². The summed E-state index contributed by atoms with van der Waals surface area (Å²) in [6.45, 7) is 2.07. The lowest BCUT2D eigenvalue weighted by Gasteiger charge is -1.80. The first kappa shape index (κ1) is 7.19. The van der Waals surface area contributed by atoms with Gasteiger partial charge in [0, 0.05) is 4.88 Å². The molecule has 0 bridgehead atoms. The van der Waals surface area contributed by atoms with Crippen LogP contribution in [0, 0.1) is 0 Å². The Kier molecular flexibility index (Phi) is 2.37. The fourth-order valence-corrected chi connectivity index (χ4v) is 1.43. The maximum absolute atomic E-state index is 9.79. The molecule has 52 valence electrons. The van der Waals surface area contributed by atoms with E-state index in [0.29, 0.717) is 0 Å². The van der Waals surface area contributed by atoms with Gasteiger partial charge in [0.15, 0.2) is 0 Å². The van der Waals surface area contributed by atoms with E-state index in [0.717, 1.165) is 11.4 Å². The first-order valence-electron chi connectivity index (χ1n) is 3.03. The maximum Gasteiger partial charge on any atom is 0.241 e. The second-order valence-corrected chi connectivity index (χ2v) is 2.94. The van der Waals surface area contributed by atoms with Gasteiger partial charge in [-0.05, 0) is 18.6 Å². The normalized spacial score (nSPS) is 8.90. The van der Waals surface area contributed by atoms with E-state index in [1.807, 2.05) is 12.1 Å².